The summed E-state index contributed by atoms with van der Waals surface area (Å²) in [5, 5.41) is 4.95. The molecule has 0 radical (unpaired) electrons. The van der Waals surface area contributed by atoms with Crippen molar-refractivity contribution in [1.82, 2.24) is 15.6 Å². The Morgan fingerprint density at radius 2 is 2.20 bits per heavy atom. The second-order valence-corrected chi connectivity index (χ2v) is 5.19. The first kappa shape index (κ1) is 13.2. The number of urea groups is 1. The maximum absolute atomic E-state index is 12.6. The van der Waals surface area contributed by atoms with E-state index in [4.69, 9.17) is 4.74 Å². The minimum atomic E-state index is 0.0207. The highest BCUT2D eigenvalue weighted by Gasteiger charge is 2.35. The summed E-state index contributed by atoms with van der Waals surface area (Å²) in [7, 11) is 1.65. The SMILES string of the molecule is COc1ccc(N2NC[C@@H]3CNCCN3C2=O)cc1C. The van der Waals surface area contributed by atoms with Gasteiger partial charge in [-0.2, -0.15) is 0 Å². The Kier molecular flexibility index (Phi) is 3.50. The molecule has 3 rings (SSSR count). The molecule has 2 fully saturated rings. The summed E-state index contributed by atoms with van der Waals surface area (Å²) in [5.74, 6) is 0.832. The summed E-state index contributed by atoms with van der Waals surface area (Å²) in [6.07, 6.45) is 0. The van der Waals surface area contributed by atoms with E-state index >= 15 is 0 Å². The second-order valence-electron chi connectivity index (χ2n) is 5.19. The lowest BCUT2D eigenvalue weighted by Crippen LogP contribution is -2.68. The monoisotopic (exact) mass is 276 g/mol. The average Bonchev–Trinajstić information content (AvgIpc) is 2.48. The van der Waals surface area contributed by atoms with Crippen LogP contribution in [0.2, 0.25) is 0 Å². The topological polar surface area (TPSA) is 56.8 Å². The summed E-state index contributed by atoms with van der Waals surface area (Å²) >= 11 is 0. The number of benzene rings is 1. The van der Waals surface area contributed by atoms with Crippen LogP contribution in [-0.2, 0) is 0 Å². The number of rotatable bonds is 2. The number of hydrogen-bond acceptors (Lipinski definition) is 4. The first-order valence-corrected chi connectivity index (χ1v) is 6.90. The van der Waals surface area contributed by atoms with Crippen LogP contribution in [0.15, 0.2) is 18.2 Å². The molecule has 0 aliphatic carbocycles. The van der Waals surface area contributed by atoms with E-state index in [1.165, 1.54) is 0 Å². The molecule has 2 aliphatic rings. The van der Waals surface area contributed by atoms with Crippen molar-refractivity contribution in [3.8, 4) is 5.75 Å². The fraction of sp³-hybridized carbons (Fsp3) is 0.500. The van der Waals surface area contributed by atoms with Gasteiger partial charge in [-0.05, 0) is 30.7 Å². The number of nitrogens with one attached hydrogen (secondary N) is 2. The van der Waals surface area contributed by atoms with Crippen LogP contribution in [0.25, 0.3) is 0 Å². The molecule has 2 N–H and O–H groups in total. The van der Waals surface area contributed by atoms with Crippen molar-refractivity contribution in [2.24, 2.45) is 0 Å². The lowest BCUT2D eigenvalue weighted by atomic mass is 10.1. The van der Waals surface area contributed by atoms with Gasteiger partial charge in [-0.25, -0.2) is 15.2 Å². The molecular weight excluding hydrogens is 256 g/mol. The van der Waals surface area contributed by atoms with Crippen molar-refractivity contribution in [3.63, 3.8) is 0 Å². The molecule has 20 heavy (non-hydrogen) atoms. The van der Waals surface area contributed by atoms with E-state index in [1.807, 2.05) is 30.0 Å². The standard InChI is InChI=1S/C14H20N4O2/c1-10-7-11(3-4-13(10)20-2)18-14(19)17-6-5-15-8-12(17)9-16-18/h3-4,7,12,15-16H,5-6,8-9H2,1-2H3/t12-/m0/s1. The number of piperazine rings is 1. The molecule has 0 bridgehead atoms. The van der Waals surface area contributed by atoms with Gasteiger partial charge < -0.3 is 15.0 Å². The van der Waals surface area contributed by atoms with Crippen LogP contribution < -0.4 is 20.5 Å². The number of hydrogen-bond donors (Lipinski definition) is 2. The molecule has 6 heteroatoms. The fourth-order valence-corrected chi connectivity index (χ4v) is 2.79. The number of carbonyl (C=O) groups excluding carboxylic acids is 1. The van der Waals surface area contributed by atoms with E-state index in [0.717, 1.165) is 43.2 Å². The molecule has 0 saturated carbocycles. The Morgan fingerprint density at radius 3 is 2.95 bits per heavy atom. The van der Waals surface area contributed by atoms with Gasteiger partial charge >= 0.3 is 6.03 Å². The number of carbonyl (C=O) groups is 1. The highest BCUT2D eigenvalue weighted by atomic mass is 16.5. The maximum Gasteiger partial charge on any atom is 0.339 e. The van der Waals surface area contributed by atoms with Crippen molar-refractivity contribution >= 4 is 11.7 Å². The minimum absolute atomic E-state index is 0.0207. The molecule has 108 valence electrons. The molecule has 0 unspecified atom stereocenters. The Labute approximate surface area is 118 Å². The van der Waals surface area contributed by atoms with Gasteiger partial charge in [-0.3, -0.25) is 0 Å². The molecule has 0 aromatic heterocycles. The number of anilines is 1. The third-order valence-corrected chi connectivity index (χ3v) is 3.91. The molecular formula is C14H20N4O2. The van der Waals surface area contributed by atoms with Gasteiger partial charge in [-0.1, -0.05) is 0 Å². The molecule has 2 aliphatic heterocycles. The van der Waals surface area contributed by atoms with E-state index in [2.05, 4.69) is 10.7 Å². The number of aryl methyl sites for hydroxylation is 1. The number of hydrazine groups is 1. The van der Waals surface area contributed by atoms with Crippen molar-refractivity contribution in [2.45, 2.75) is 13.0 Å². The molecule has 1 atom stereocenters. The van der Waals surface area contributed by atoms with Crippen LogP contribution in [0.4, 0.5) is 10.5 Å². The van der Waals surface area contributed by atoms with Crippen molar-refractivity contribution in [3.05, 3.63) is 23.8 Å². The molecule has 1 aromatic rings. The lowest BCUT2D eigenvalue weighted by molar-refractivity contribution is 0.143. The zero-order valence-electron chi connectivity index (χ0n) is 11.8. The van der Waals surface area contributed by atoms with Gasteiger partial charge in [0.2, 0.25) is 0 Å². The normalized spacial score (nSPS) is 22.7. The number of fused-ring (bicyclic) bond motifs is 1. The van der Waals surface area contributed by atoms with Gasteiger partial charge in [0, 0.05) is 26.2 Å². The largest absolute Gasteiger partial charge is 0.496 e. The number of amides is 2. The third kappa shape index (κ3) is 2.21. The lowest BCUT2D eigenvalue weighted by Gasteiger charge is -2.44. The molecule has 0 spiro atoms. The van der Waals surface area contributed by atoms with Gasteiger partial charge in [0.25, 0.3) is 0 Å². The second kappa shape index (κ2) is 5.30. The number of ether oxygens (including phenoxy) is 1. The summed E-state index contributed by atoms with van der Waals surface area (Å²) in [5.41, 5.74) is 5.08. The van der Waals surface area contributed by atoms with Crippen molar-refractivity contribution < 1.29 is 9.53 Å². The van der Waals surface area contributed by atoms with Crippen LogP contribution >= 0.6 is 0 Å². The third-order valence-electron chi connectivity index (χ3n) is 3.91. The Hall–Kier alpha value is -1.79. The highest BCUT2D eigenvalue weighted by molar-refractivity contribution is 5.92. The van der Waals surface area contributed by atoms with Crippen LogP contribution in [0.1, 0.15) is 5.56 Å². The van der Waals surface area contributed by atoms with E-state index < -0.39 is 0 Å². The van der Waals surface area contributed by atoms with Crippen LogP contribution in [0, 0.1) is 6.92 Å². The van der Waals surface area contributed by atoms with Crippen molar-refractivity contribution in [2.75, 3.05) is 38.3 Å². The summed E-state index contributed by atoms with van der Waals surface area (Å²) in [6.45, 7) is 5.22. The predicted molar refractivity (Wildman–Crippen MR) is 77.0 cm³/mol. The van der Waals surface area contributed by atoms with Crippen LogP contribution in [0.3, 0.4) is 0 Å². The number of methoxy groups -OCH3 is 1. The molecule has 2 saturated heterocycles. The molecule has 2 amide bonds. The van der Waals surface area contributed by atoms with Gasteiger partial charge in [0.15, 0.2) is 0 Å². The van der Waals surface area contributed by atoms with Gasteiger partial charge in [0.05, 0.1) is 18.8 Å². The van der Waals surface area contributed by atoms with E-state index in [0.29, 0.717) is 0 Å². The van der Waals surface area contributed by atoms with Gasteiger partial charge in [-0.15, -0.1) is 0 Å². The van der Waals surface area contributed by atoms with E-state index in [9.17, 15) is 4.79 Å². The fourth-order valence-electron chi connectivity index (χ4n) is 2.79. The summed E-state index contributed by atoms with van der Waals surface area (Å²) in [6, 6.07) is 6.02. The predicted octanol–water partition coefficient (Wildman–Crippen LogP) is 0.722. The van der Waals surface area contributed by atoms with Crippen LogP contribution in [-0.4, -0.2) is 50.3 Å². The quantitative estimate of drug-likeness (QED) is 0.836. The molecule has 2 heterocycles. The van der Waals surface area contributed by atoms with E-state index in [-0.39, 0.29) is 12.1 Å². The average molecular weight is 276 g/mol. The minimum Gasteiger partial charge on any atom is -0.496 e. The Bertz CT molecular complexity index is 520. The maximum atomic E-state index is 12.6. The van der Waals surface area contributed by atoms with Crippen LogP contribution in [0.5, 0.6) is 5.75 Å². The van der Waals surface area contributed by atoms with Gasteiger partial charge in [0.1, 0.15) is 5.75 Å². The summed E-state index contributed by atoms with van der Waals surface area (Å²) in [4.78, 5) is 14.5. The zero-order valence-corrected chi connectivity index (χ0v) is 11.8. The van der Waals surface area contributed by atoms with E-state index in [1.54, 1.807) is 12.1 Å². The van der Waals surface area contributed by atoms with Crippen molar-refractivity contribution in [1.29, 1.82) is 0 Å². The first-order chi connectivity index (χ1) is 9.70. The number of nitrogens with zero attached hydrogens (tertiary/aromatic N) is 2. The highest BCUT2D eigenvalue weighted by Crippen LogP contribution is 2.25. The first-order valence-electron chi connectivity index (χ1n) is 6.90. The Balaban J connectivity index is 1.83. The zero-order chi connectivity index (χ0) is 14.1. The summed E-state index contributed by atoms with van der Waals surface area (Å²) < 4.78 is 5.26. The molecule has 1 aromatic carbocycles. The molecule has 6 nitrogen and oxygen atoms in total. The Morgan fingerprint density at radius 1 is 1.35 bits per heavy atom. The smallest absolute Gasteiger partial charge is 0.339 e.